The van der Waals surface area contributed by atoms with Crippen LogP contribution in [0, 0.1) is 11.2 Å². The molecule has 1 aromatic rings. The lowest BCUT2D eigenvalue weighted by molar-refractivity contribution is 0.351. The Morgan fingerprint density at radius 3 is 2.72 bits per heavy atom. The maximum atomic E-state index is 13.8. The fraction of sp³-hybridized carbons (Fsp3) is 0.600. The van der Waals surface area contributed by atoms with Gasteiger partial charge in [0.15, 0.2) is 0 Å². The molecule has 18 heavy (non-hydrogen) atoms. The number of hydrogen-bond acceptors (Lipinski definition) is 1. The molecule has 0 radical (unpaired) electrons. The second kappa shape index (κ2) is 5.58. The highest BCUT2D eigenvalue weighted by atomic mass is 35.5. The zero-order valence-corrected chi connectivity index (χ0v) is 11.9. The van der Waals surface area contributed by atoms with E-state index in [0.717, 1.165) is 13.0 Å². The van der Waals surface area contributed by atoms with Crippen molar-refractivity contribution in [3.63, 3.8) is 0 Å². The molecule has 0 spiro atoms. The minimum Gasteiger partial charge on any atom is -0.313 e. The summed E-state index contributed by atoms with van der Waals surface area (Å²) in [7, 11) is 0. The van der Waals surface area contributed by atoms with Crippen molar-refractivity contribution in [2.24, 2.45) is 5.41 Å². The van der Waals surface area contributed by atoms with Crippen molar-refractivity contribution < 1.29 is 4.39 Å². The summed E-state index contributed by atoms with van der Waals surface area (Å²) in [4.78, 5) is 0. The van der Waals surface area contributed by atoms with E-state index in [1.54, 1.807) is 12.1 Å². The molecule has 1 atom stereocenters. The fourth-order valence-corrected chi connectivity index (χ4v) is 2.60. The van der Waals surface area contributed by atoms with Gasteiger partial charge >= 0.3 is 0 Å². The van der Waals surface area contributed by atoms with Crippen molar-refractivity contribution in [3.05, 3.63) is 34.6 Å². The molecule has 0 saturated heterocycles. The van der Waals surface area contributed by atoms with E-state index in [1.165, 1.54) is 18.9 Å². The van der Waals surface area contributed by atoms with E-state index in [2.05, 4.69) is 19.2 Å². The van der Waals surface area contributed by atoms with Crippen LogP contribution in [0.3, 0.4) is 0 Å². The van der Waals surface area contributed by atoms with Crippen LogP contribution in [0.15, 0.2) is 18.2 Å². The van der Waals surface area contributed by atoms with E-state index in [9.17, 15) is 4.39 Å². The standard InChI is InChI=1S/C15H21ClFN/c1-3-9-18-14(15(2)7-8-15)10-11-12(16)5-4-6-13(11)17/h4-6,14,18H,3,7-10H2,1-2H3. The van der Waals surface area contributed by atoms with E-state index in [1.807, 2.05) is 0 Å². The van der Waals surface area contributed by atoms with Gasteiger partial charge in [-0.3, -0.25) is 0 Å². The van der Waals surface area contributed by atoms with Gasteiger partial charge in [-0.2, -0.15) is 0 Å². The van der Waals surface area contributed by atoms with Crippen LogP contribution >= 0.6 is 11.6 Å². The van der Waals surface area contributed by atoms with Crippen molar-refractivity contribution in [3.8, 4) is 0 Å². The number of hydrogen-bond donors (Lipinski definition) is 1. The third-order valence-electron chi connectivity index (χ3n) is 3.99. The Morgan fingerprint density at radius 1 is 1.44 bits per heavy atom. The molecule has 0 bridgehead atoms. The smallest absolute Gasteiger partial charge is 0.127 e. The number of nitrogens with one attached hydrogen (secondary N) is 1. The molecule has 1 aliphatic rings. The van der Waals surface area contributed by atoms with Crippen molar-refractivity contribution in [1.29, 1.82) is 0 Å². The van der Waals surface area contributed by atoms with Gasteiger partial charge in [-0.1, -0.05) is 31.5 Å². The zero-order valence-electron chi connectivity index (χ0n) is 11.1. The predicted molar refractivity (Wildman–Crippen MR) is 74.5 cm³/mol. The molecule has 1 saturated carbocycles. The first-order valence-electron chi connectivity index (χ1n) is 6.73. The Bertz CT molecular complexity index is 395. The Morgan fingerprint density at radius 2 is 2.17 bits per heavy atom. The largest absolute Gasteiger partial charge is 0.313 e. The summed E-state index contributed by atoms with van der Waals surface area (Å²) in [5.74, 6) is -0.185. The maximum Gasteiger partial charge on any atom is 0.127 e. The molecule has 2 rings (SSSR count). The van der Waals surface area contributed by atoms with E-state index in [4.69, 9.17) is 11.6 Å². The summed E-state index contributed by atoms with van der Waals surface area (Å²) in [6.45, 7) is 5.40. The van der Waals surface area contributed by atoms with E-state index in [-0.39, 0.29) is 5.82 Å². The van der Waals surface area contributed by atoms with Gasteiger partial charge in [0, 0.05) is 16.6 Å². The topological polar surface area (TPSA) is 12.0 Å². The predicted octanol–water partition coefficient (Wildman–Crippen LogP) is 4.19. The molecule has 0 aromatic heterocycles. The number of benzene rings is 1. The molecule has 1 nitrogen and oxygen atoms in total. The summed E-state index contributed by atoms with van der Waals surface area (Å²) in [6, 6.07) is 5.25. The maximum absolute atomic E-state index is 13.8. The fourth-order valence-electron chi connectivity index (χ4n) is 2.36. The number of rotatable bonds is 6. The van der Waals surface area contributed by atoms with E-state index < -0.39 is 0 Å². The first-order valence-corrected chi connectivity index (χ1v) is 7.11. The average molecular weight is 270 g/mol. The first kappa shape index (κ1) is 13.8. The highest BCUT2D eigenvalue weighted by Gasteiger charge is 2.44. The molecular formula is C15H21ClFN. The third kappa shape index (κ3) is 3.04. The molecule has 0 heterocycles. The summed E-state index contributed by atoms with van der Waals surface area (Å²) < 4.78 is 13.8. The monoisotopic (exact) mass is 269 g/mol. The zero-order chi connectivity index (χ0) is 13.2. The van der Waals surface area contributed by atoms with E-state index in [0.29, 0.717) is 28.5 Å². The quantitative estimate of drug-likeness (QED) is 0.817. The second-order valence-corrected chi connectivity index (χ2v) is 5.97. The Labute approximate surface area is 114 Å². The normalized spacial score (nSPS) is 18.7. The minimum absolute atomic E-state index is 0.185. The summed E-state index contributed by atoms with van der Waals surface area (Å²) in [5.41, 5.74) is 0.974. The van der Waals surface area contributed by atoms with Crippen molar-refractivity contribution in [2.75, 3.05) is 6.54 Å². The van der Waals surface area contributed by atoms with Gasteiger partial charge < -0.3 is 5.32 Å². The van der Waals surface area contributed by atoms with Crippen LogP contribution in [-0.4, -0.2) is 12.6 Å². The van der Waals surface area contributed by atoms with Gasteiger partial charge in [0.1, 0.15) is 5.82 Å². The summed E-state index contributed by atoms with van der Waals surface area (Å²) >= 11 is 6.11. The third-order valence-corrected chi connectivity index (χ3v) is 4.34. The van der Waals surface area contributed by atoms with Gasteiger partial charge in [-0.15, -0.1) is 0 Å². The molecular weight excluding hydrogens is 249 g/mol. The Kier molecular flexibility index (Phi) is 4.29. The Balaban J connectivity index is 2.13. The molecule has 1 aliphatic carbocycles. The van der Waals surface area contributed by atoms with Gasteiger partial charge in [-0.05, 0) is 49.8 Å². The van der Waals surface area contributed by atoms with Gasteiger partial charge in [0.25, 0.3) is 0 Å². The Hall–Kier alpha value is -0.600. The minimum atomic E-state index is -0.185. The molecule has 1 aromatic carbocycles. The van der Waals surface area contributed by atoms with Crippen LogP contribution in [0.25, 0.3) is 0 Å². The van der Waals surface area contributed by atoms with Crippen LogP contribution in [0.2, 0.25) is 5.02 Å². The van der Waals surface area contributed by atoms with Crippen LogP contribution in [0.1, 0.15) is 38.7 Å². The first-order chi connectivity index (χ1) is 8.57. The lowest BCUT2D eigenvalue weighted by atomic mass is 9.92. The second-order valence-electron chi connectivity index (χ2n) is 5.57. The molecule has 100 valence electrons. The van der Waals surface area contributed by atoms with Gasteiger partial charge in [0.05, 0.1) is 0 Å². The van der Waals surface area contributed by atoms with E-state index >= 15 is 0 Å². The highest BCUT2D eigenvalue weighted by molar-refractivity contribution is 6.31. The molecule has 1 N–H and O–H groups in total. The highest BCUT2D eigenvalue weighted by Crippen LogP contribution is 2.49. The lowest BCUT2D eigenvalue weighted by Crippen LogP contribution is -2.38. The van der Waals surface area contributed by atoms with Gasteiger partial charge in [-0.25, -0.2) is 4.39 Å². The molecule has 3 heteroatoms. The van der Waals surface area contributed by atoms with Gasteiger partial charge in [0.2, 0.25) is 0 Å². The average Bonchev–Trinajstić information content (AvgIpc) is 3.07. The molecule has 1 fully saturated rings. The lowest BCUT2D eigenvalue weighted by Gasteiger charge is -2.25. The summed E-state index contributed by atoms with van der Waals surface area (Å²) in [6.07, 6.45) is 4.22. The van der Waals surface area contributed by atoms with Crippen molar-refractivity contribution >= 4 is 11.6 Å². The van der Waals surface area contributed by atoms with Crippen LogP contribution in [0.4, 0.5) is 4.39 Å². The van der Waals surface area contributed by atoms with Crippen LogP contribution in [0.5, 0.6) is 0 Å². The number of halogens is 2. The molecule has 1 unspecified atom stereocenters. The molecule has 0 amide bonds. The molecule has 0 aliphatic heterocycles. The van der Waals surface area contributed by atoms with Crippen molar-refractivity contribution in [2.45, 2.75) is 45.6 Å². The summed E-state index contributed by atoms with van der Waals surface area (Å²) in [5, 5.41) is 4.09. The van der Waals surface area contributed by atoms with Crippen molar-refractivity contribution in [1.82, 2.24) is 5.32 Å². The van der Waals surface area contributed by atoms with Crippen LogP contribution < -0.4 is 5.32 Å². The SMILES string of the molecule is CCCNC(Cc1c(F)cccc1Cl)C1(C)CC1. The van der Waals surface area contributed by atoms with Crippen LogP contribution in [-0.2, 0) is 6.42 Å².